The van der Waals surface area contributed by atoms with E-state index in [2.05, 4.69) is 0 Å². The molecular weight excluding hydrogens is 383 g/mol. The van der Waals surface area contributed by atoms with Crippen molar-refractivity contribution in [1.82, 2.24) is 0 Å². The van der Waals surface area contributed by atoms with E-state index < -0.39 is 24.9 Å². The van der Waals surface area contributed by atoms with Gasteiger partial charge >= 0.3 is 0 Å². The molecule has 0 aromatic carbocycles. The second-order valence-electron chi connectivity index (χ2n) is 6.83. The standard InChI is InChI=1S/C17H31O5P.C3H4O2/c1-5-8-23(16(21)15(20)10-14(3)4)9-7-22-13-17(6-2,11-18)12-19;1-3(5)2-4/h10,18-19H,5-9,11-13H2,1-4H3;2H,1H3. The molecule has 0 aromatic heterocycles. The van der Waals surface area contributed by atoms with Crippen LogP contribution in [0.5, 0.6) is 0 Å². The first-order valence-electron chi connectivity index (χ1n) is 9.36. The number of aliphatic hydroxyl groups excluding tert-OH is 2. The Kier molecular flexibility index (Phi) is 17.2. The van der Waals surface area contributed by atoms with Gasteiger partial charge in [-0.2, -0.15) is 0 Å². The van der Waals surface area contributed by atoms with Crippen LogP contribution >= 0.6 is 7.92 Å². The van der Waals surface area contributed by atoms with Crippen LogP contribution in [0.25, 0.3) is 0 Å². The Hall–Kier alpha value is -1.27. The van der Waals surface area contributed by atoms with Crippen molar-refractivity contribution >= 4 is 31.3 Å². The van der Waals surface area contributed by atoms with Gasteiger partial charge in [0.25, 0.3) is 0 Å². The lowest BCUT2D eigenvalue weighted by Gasteiger charge is -2.28. The quantitative estimate of drug-likeness (QED) is 0.146. The number of rotatable bonds is 14. The van der Waals surface area contributed by atoms with E-state index in [1.54, 1.807) is 13.8 Å². The zero-order chi connectivity index (χ0) is 22.2. The van der Waals surface area contributed by atoms with E-state index in [0.717, 1.165) is 18.2 Å². The van der Waals surface area contributed by atoms with Gasteiger partial charge in [0.15, 0.2) is 12.1 Å². The Labute approximate surface area is 169 Å². The number of ether oxygens (including phenoxy) is 1. The smallest absolute Gasteiger partial charge is 0.225 e. The molecule has 0 amide bonds. The second kappa shape index (κ2) is 16.7. The first-order chi connectivity index (χ1) is 13.1. The van der Waals surface area contributed by atoms with E-state index in [-0.39, 0.29) is 31.6 Å². The number of hydrogen-bond donors (Lipinski definition) is 2. The Bertz CT molecular complexity index is 512. The number of ketones is 2. The van der Waals surface area contributed by atoms with Gasteiger partial charge in [-0.25, -0.2) is 0 Å². The molecule has 0 aliphatic rings. The summed E-state index contributed by atoms with van der Waals surface area (Å²) in [6, 6.07) is 0. The highest BCUT2D eigenvalue weighted by molar-refractivity contribution is 7.77. The minimum Gasteiger partial charge on any atom is -0.396 e. The van der Waals surface area contributed by atoms with Gasteiger partial charge in [0, 0.05) is 12.3 Å². The zero-order valence-corrected chi connectivity index (χ0v) is 18.6. The van der Waals surface area contributed by atoms with Crippen LogP contribution < -0.4 is 0 Å². The molecule has 0 aliphatic heterocycles. The predicted octanol–water partition coefficient (Wildman–Crippen LogP) is 2.11. The highest BCUT2D eigenvalue weighted by atomic mass is 31.1. The van der Waals surface area contributed by atoms with E-state index in [4.69, 9.17) is 9.53 Å². The van der Waals surface area contributed by atoms with Crippen molar-refractivity contribution in [2.45, 2.75) is 47.5 Å². The van der Waals surface area contributed by atoms with Gasteiger partial charge in [-0.3, -0.25) is 19.2 Å². The van der Waals surface area contributed by atoms with Crippen LogP contribution in [0.1, 0.15) is 47.5 Å². The van der Waals surface area contributed by atoms with Crippen LogP contribution in [0.2, 0.25) is 0 Å². The van der Waals surface area contributed by atoms with Crippen molar-refractivity contribution in [1.29, 1.82) is 0 Å². The SMILES string of the molecule is CC(=O)C=O.CCCP(CCOCC(CC)(CO)CO)C(=O)C(=O)C=C(C)C. The normalized spacial score (nSPS) is 11.7. The van der Waals surface area contributed by atoms with Gasteiger partial charge in [0.2, 0.25) is 11.3 Å². The highest BCUT2D eigenvalue weighted by Gasteiger charge is 2.27. The Morgan fingerprint density at radius 2 is 1.57 bits per heavy atom. The van der Waals surface area contributed by atoms with Crippen LogP contribution in [0, 0.1) is 5.41 Å². The zero-order valence-electron chi connectivity index (χ0n) is 17.7. The molecule has 2 N–H and O–H groups in total. The van der Waals surface area contributed by atoms with Crippen molar-refractivity contribution in [2.75, 3.05) is 38.8 Å². The molecule has 0 aromatic rings. The summed E-state index contributed by atoms with van der Waals surface area (Å²) in [4.78, 5) is 42.7. The maximum absolute atomic E-state index is 12.2. The molecule has 0 rings (SSSR count). The fourth-order valence-corrected chi connectivity index (χ4v) is 3.89. The van der Waals surface area contributed by atoms with E-state index in [1.807, 2.05) is 13.8 Å². The molecule has 8 heteroatoms. The van der Waals surface area contributed by atoms with Gasteiger partial charge < -0.3 is 14.9 Å². The van der Waals surface area contributed by atoms with Crippen molar-refractivity contribution in [3.63, 3.8) is 0 Å². The largest absolute Gasteiger partial charge is 0.396 e. The second-order valence-corrected chi connectivity index (χ2v) is 9.21. The lowest BCUT2D eigenvalue weighted by molar-refractivity contribution is -0.129. The van der Waals surface area contributed by atoms with Crippen molar-refractivity contribution in [3.05, 3.63) is 11.6 Å². The molecule has 0 bridgehead atoms. The third-order valence-corrected chi connectivity index (χ3v) is 6.42. The average molecular weight is 418 g/mol. The molecule has 7 nitrogen and oxygen atoms in total. The predicted molar refractivity (Wildman–Crippen MR) is 111 cm³/mol. The number of carbonyl (C=O) groups excluding carboxylic acids is 4. The molecule has 0 heterocycles. The van der Waals surface area contributed by atoms with Gasteiger partial charge in [0.05, 0.1) is 26.4 Å². The lowest BCUT2D eigenvalue weighted by Crippen LogP contribution is -2.34. The van der Waals surface area contributed by atoms with Gasteiger partial charge in [-0.05, 0) is 46.6 Å². The summed E-state index contributed by atoms with van der Waals surface area (Å²) in [6.07, 6.45) is 4.40. The van der Waals surface area contributed by atoms with Crippen molar-refractivity contribution < 1.29 is 34.1 Å². The van der Waals surface area contributed by atoms with Gasteiger partial charge in [0.1, 0.15) is 0 Å². The Morgan fingerprint density at radius 3 is 1.93 bits per heavy atom. The summed E-state index contributed by atoms with van der Waals surface area (Å²) >= 11 is 0. The fourth-order valence-electron chi connectivity index (χ4n) is 1.99. The van der Waals surface area contributed by atoms with Crippen LogP contribution in [0.15, 0.2) is 11.6 Å². The Morgan fingerprint density at radius 1 is 1.04 bits per heavy atom. The third-order valence-electron chi connectivity index (χ3n) is 3.91. The molecule has 1 atom stereocenters. The molecule has 0 saturated heterocycles. The van der Waals surface area contributed by atoms with Gasteiger partial charge in [-0.1, -0.05) is 25.8 Å². The molecule has 0 aliphatic carbocycles. The summed E-state index contributed by atoms with van der Waals surface area (Å²) in [5, 5.41) is 18.7. The summed E-state index contributed by atoms with van der Waals surface area (Å²) < 4.78 is 5.58. The number of allylic oxidation sites excluding steroid dienone is 2. The molecule has 0 fully saturated rings. The van der Waals surface area contributed by atoms with Gasteiger partial charge in [-0.15, -0.1) is 0 Å². The summed E-state index contributed by atoms with van der Waals surface area (Å²) in [5.41, 5.74) is -0.0996. The lowest BCUT2D eigenvalue weighted by atomic mass is 9.88. The summed E-state index contributed by atoms with van der Waals surface area (Å²) in [5.74, 6) is -0.844. The van der Waals surface area contributed by atoms with E-state index in [9.17, 15) is 24.6 Å². The van der Waals surface area contributed by atoms with E-state index in [1.165, 1.54) is 13.0 Å². The minimum absolute atomic E-state index is 0.137. The molecule has 0 spiro atoms. The fraction of sp³-hybridized carbons (Fsp3) is 0.700. The number of carbonyl (C=O) groups is 4. The molecule has 0 saturated carbocycles. The highest BCUT2D eigenvalue weighted by Crippen LogP contribution is 2.37. The van der Waals surface area contributed by atoms with E-state index in [0.29, 0.717) is 19.2 Å². The van der Waals surface area contributed by atoms with Crippen LogP contribution in [0.4, 0.5) is 0 Å². The van der Waals surface area contributed by atoms with Crippen LogP contribution in [-0.2, 0) is 23.9 Å². The van der Waals surface area contributed by atoms with Crippen molar-refractivity contribution in [3.8, 4) is 0 Å². The summed E-state index contributed by atoms with van der Waals surface area (Å²) in [7, 11) is -1.04. The van der Waals surface area contributed by atoms with Crippen molar-refractivity contribution in [2.24, 2.45) is 5.41 Å². The first kappa shape index (κ1) is 28.9. The average Bonchev–Trinajstić information content (AvgIpc) is 2.67. The maximum atomic E-state index is 12.2. The van der Waals surface area contributed by atoms with Crippen LogP contribution in [0.3, 0.4) is 0 Å². The molecule has 1 unspecified atom stereocenters. The Balaban J connectivity index is 0. The molecule has 28 heavy (non-hydrogen) atoms. The third kappa shape index (κ3) is 13.0. The van der Waals surface area contributed by atoms with Crippen LogP contribution in [-0.4, -0.2) is 72.3 Å². The van der Waals surface area contributed by atoms with E-state index >= 15 is 0 Å². The monoisotopic (exact) mass is 418 g/mol. The number of hydrogen-bond acceptors (Lipinski definition) is 7. The number of aliphatic hydroxyl groups is 2. The summed E-state index contributed by atoms with van der Waals surface area (Å²) in [6.45, 7) is 9.03. The first-order valence-corrected chi connectivity index (χ1v) is 11.1. The maximum Gasteiger partial charge on any atom is 0.225 e. The molecular formula is C20H35O7P. The number of Topliss-reactive ketones (excluding diaryl/α,β-unsaturated/α-hetero) is 1. The molecule has 162 valence electrons. The minimum atomic E-state index is -1.04. The molecule has 0 radical (unpaired) electrons. The topological polar surface area (TPSA) is 118 Å². The number of aldehydes is 1.